The molecule has 170 valence electrons. The van der Waals surface area contributed by atoms with Gasteiger partial charge in [0.25, 0.3) is 0 Å². The third-order valence-corrected chi connectivity index (χ3v) is 8.42. The molecule has 2 aromatic carbocycles. The maximum atomic E-state index is 13.1. The van der Waals surface area contributed by atoms with E-state index < -0.39 is 0 Å². The van der Waals surface area contributed by atoms with Crippen LogP contribution in [0.3, 0.4) is 0 Å². The Morgan fingerprint density at radius 2 is 1.65 bits per heavy atom. The van der Waals surface area contributed by atoms with Crippen molar-refractivity contribution in [2.75, 3.05) is 5.32 Å². The van der Waals surface area contributed by atoms with Crippen molar-refractivity contribution in [3.8, 4) is 0 Å². The number of hydrogen-bond donors (Lipinski definition) is 1. The number of hydrogen-bond acceptors (Lipinski definition) is 6. The molecule has 1 N–H and O–H groups in total. The van der Waals surface area contributed by atoms with Gasteiger partial charge in [-0.25, -0.2) is 9.97 Å². The first-order valence-electron chi connectivity index (χ1n) is 11.7. The van der Waals surface area contributed by atoms with Gasteiger partial charge in [-0.05, 0) is 54.4 Å². The lowest BCUT2D eigenvalue weighted by Crippen LogP contribution is -2.26. The van der Waals surface area contributed by atoms with E-state index in [9.17, 15) is 9.59 Å². The summed E-state index contributed by atoms with van der Waals surface area (Å²) in [5.74, 6) is 1.18. The number of aromatic nitrogens is 2. The van der Waals surface area contributed by atoms with E-state index in [-0.39, 0.29) is 17.0 Å². The van der Waals surface area contributed by atoms with Crippen LogP contribution in [0.5, 0.6) is 0 Å². The predicted molar refractivity (Wildman–Crippen MR) is 135 cm³/mol. The molecule has 1 atom stereocenters. The average molecular weight is 468 g/mol. The average Bonchev–Trinajstić information content (AvgIpc) is 3.21. The van der Waals surface area contributed by atoms with E-state index in [0.29, 0.717) is 28.2 Å². The van der Waals surface area contributed by atoms with Crippen molar-refractivity contribution in [1.29, 1.82) is 0 Å². The number of nitrogens with one attached hydrogen (secondary N) is 1. The fraction of sp³-hybridized carbons (Fsp3) is 0.286. The van der Waals surface area contributed by atoms with Gasteiger partial charge in [0.15, 0.2) is 11.6 Å². The van der Waals surface area contributed by atoms with Crippen LogP contribution in [-0.2, 0) is 12.8 Å². The number of ketones is 2. The first kappa shape index (κ1) is 21.2. The zero-order chi connectivity index (χ0) is 23.6. The highest BCUT2D eigenvalue weighted by atomic mass is 32.1. The lowest BCUT2D eigenvalue weighted by molar-refractivity contribution is 0.0979. The molecule has 0 amide bonds. The Labute approximate surface area is 202 Å². The summed E-state index contributed by atoms with van der Waals surface area (Å²) >= 11 is 1.77. The Hall–Kier alpha value is -3.38. The molecule has 0 spiro atoms. The number of fused-ring (bicyclic) bond motifs is 5. The van der Waals surface area contributed by atoms with Crippen molar-refractivity contribution in [3.05, 3.63) is 81.5 Å². The van der Waals surface area contributed by atoms with Crippen LogP contribution < -0.4 is 5.32 Å². The molecular formula is C28H25N3O2S. The minimum Gasteiger partial charge on any atom is -0.340 e. The number of rotatable bonds is 2. The molecule has 0 fully saturated rings. The van der Waals surface area contributed by atoms with E-state index in [1.165, 1.54) is 10.4 Å². The second-order valence-corrected chi connectivity index (χ2v) is 11.4. The molecule has 2 aliphatic carbocycles. The van der Waals surface area contributed by atoms with E-state index in [2.05, 4.69) is 36.1 Å². The van der Waals surface area contributed by atoms with Crippen LogP contribution in [0.25, 0.3) is 10.2 Å². The van der Waals surface area contributed by atoms with Gasteiger partial charge in [-0.2, -0.15) is 0 Å². The van der Waals surface area contributed by atoms with Crippen LogP contribution in [0.15, 0.2) is 48.8 Å². The van der Waals surface area contributed by atoms with Gasteiger partial charge < -0.3 is 5.32 Å². The Kier molecular flexibility index (Phi) is 4.71. The van der Waals surface area contributed by atoms with E-state index in [0.717, 1.165) is 41.0 Å². The van der Waals surface area contributed by atoms with Crippen molar-refractivity contribution in [1.82, 2.24) is 9.97 Å². The molecule has 0 bridgehead atoms. The minimum absolute atomic E-state index is 0.110. The maximum Gasteiger partial charge on any atom is 0.194 e. The number of nitrogens with zero attached hydrogens (tertiary/aromatic N) is 2. The highest BCUT2D eigenvalue weighted by molar-refractivity contribution is 7.19. The fourth-order valence-electron chi connectivity index (χ4n) is 5.26. The number of carbonyl (C=O) groups is 2. The van der Waals surface area contributed by atoms with Gasteiger partial charge in [-0.15, -0.1) is 11.3 Å². The van der Waals surface area contributed by atoms with Crippen LogP contribution in [0.1, 0.15) is 69.5 Å². The summed E-state index contributed by atoms with van der Waals surface area (Å²) in [4.78, 5) is 37.6. The van der Waals surface area contributed by atoms with Crippen molar-refractivity contribution in [2.24, 2.45) is 11.3 Å². The van der Waals surface area contributed by atoms with Crippen LogP contribution >= 0.6 is 11.3 Å². The van der Waals surface area contributed by atoms with E-state index in [4.69, 9.17) is 0 Å². The van der Waals surface area contributed by atoms with E-state index >= 15 is 0 Å². The Balaban J connectivity index is 1.38. The molecule has 1 unspecified atom stereocenters. The van der Waals surface area contributed by atoms with Crippen LogP contribution in [0.4, 0.5) is 11.5 Å². The molecular weight excluding hydrogens is 442 g/mol. The summed E-state index contributed by atoms with van der Waals surface area (Å²) in [7, 11) is 0. The van der Waals surface area contributed by atoms with Gasteiger partial charge in [0.05, 0.1) is 5.39 Å². The van der Waals surface area contributed by atoms with Crippen molar-refractivity contribution in [3.63, 3.8) is 0 Å². The molecule has 0 aliphatic heterocycles. The third-order valence-electron chi connectivity index (χ3n) is 7.26. The minimum atomic E-state index is -0.122. The summed E-state index contributed by atoms with van der Waals surface area (Å²) in [6.45, 7) is 6.97. The highest BCUT2D eigenvalue weighted by Crippen LogP contribution is 2.44. The second kappa shape index (κ2) is 7.57. The van der Waals surface area contributed by atoms with Crippen LogP contribution in [0, 0.1) is 11.3 Å². The first-order valence-corrected chi connectivity index (χ1v) is 12.5. The Morgan fingerprint density at radius 1 is 0.941 bits per heavy atom. The zero-order valence-electron chi connectivity index (χ0n) is 19.4. The number of thiophene rings is 1. The van der Waals surface area contributed by atoms with Gasteiger partial charge in [-0.1, -0.05) is 45.0 Å². The molecule has 4 aromatic rings. The van der Waals surface area contributed by atoms with Gasteiger partial charge >= 0.3 is 0 Å². The second-order valence-electron chi connectivity index (χ2n) is 10.3. The lowest BCUT2D eigenvalue weighted by Gasteiger charge is -2.33. The van der Waals surface area contributed by atoms with Crippen LogP contribution in [0.2, 0.25) is 0 Å². The summed E-state index contributed by atoms with van der Waals surface area (Å²) in [5.41, 5.74) is 4.18. The van der Waals surface area contributed by atoms with Crippen molar-refractivity contribution in [2.45, 2.75) is 40.0 Å². The molecule has 6 heteroatoms. The van der Waals surface area contributed by atoms with Gasteiger partial charge in [-0.3, -0.25) is 9.59 Å². The Bertz CT molecular complexity index is 1500. The lowest BCUT2D eigenvalue weighted by atomic mass is 9.72. The molecule has 0 saturated carbocycles. The normalized spacial score (nSPS) is 17.3. The smallest absolute Gasteiger partial charge is 0.194 e. The quantitative estimate of drug-likeness (QED) is 0.327. The summed E-state index contributed by atoms with van der Waals surface area (Å²) in [5, 5.41) is 4.51. The largest absolute Gasteiger partial charge is 0.340 e. The fourth-order valence-corrected chi connectivity index (χ4v) is 6.53. The zero-order valence-corrected chi connectivity index (χ0v) is 20.3. The van der Waals surface area contributed by atoms with Gasteiger partial charge in [0.2, 0.25) is 0 Å². The van der Waals surface area contributed by atoms with Gasteiger partial charge in [0, 0.05) is 32.8 Å². The maximum absolute atomic E-state index is 13.1. The topological polar surface area (TPSA) is 72.0 Å². The molecule has 2 heterocycles. The molecule has 6 rings (SSSR count). The predicted octanol–water partition coefficient (Wildman–Crippen LogP) is 6.36. The summed E-state index contributed by atoms with van der Waals surface area (Å²) in [6, 6.07) is 12.4. The molecule has 0 radical (unpaired) electrons. The van der Waals surface area contributed by atoms with Crippen LogP contribution in [-0.4, -0.2) is 21.5 Å². The molecule has 34 heavy (non-hydrogen) atoms. The number of carbonyl (C=O) groups excluding carboxylic acids is 2. The number of anilines is 2. The van der Waals surface area contributed by atoms with E-state index in [1.807, 2.05) is 6.07 Å². The Morgan fingerprint density at radius 3 is 2.38 bits per heavy atom. The summed E-state index contributed by atoms with van der Waals surface area (Å²) in [6.07, 6.45) is 4.85. The molecule has 2 aromatic heterocycles. The molecule has 0 saturated heterocycles. The van der Waals surface area contributed by atoms with Gasteiger partial charge in [0.1, 0.15) is 17.0 Å². The number of aryl methyl sites for hydroxylation is 1. The summed E-state index contributed by atoms with van der Waals surface area (Å²) < 4.78 is 0. The van der Waals surface area contributed by atoms with Crippen molar-refractivity contribution < 1.29 is 9.59 Å². The SMILES string of the molecule is CC(C)(C)C1CCc2c(sc3ncnc(Nc4ccc5c(c4)C(=O)c4ccccc4C5=O)c23)C1. The number of benzene rings is 2. The van der Waals surface area contributed by atoms with E-state index in [1.54, 1.807) is 54.1 Å². The third kappa shape index (κ3) is 3.28. The van der Waals surface area contributed by atoms with Crippen molar-refractivity contribution >= 4 is 44.6 Å². The standard InChI is InChI=1S/C28H25N3O2S/c1-28(2,3)15-8-10-20-22(12-15)34-27-23(20)26(29-14-30-27)31-16-9-11-19-21(13-16)25(33)18-7-5-4-6-17(18)24(19)32/h4-7,9,11,13-15H,8,10,12H2,1-3H3,(H,29,30,31). The first-order chi connectivity index (χ1) is 16.3. The monoisotopic (exact) mass is 467 g/mol. The highest BCUT2D eigenvalue weighted by Gasteiger charge is 2.32. The molecule has 2 aliphatic rings. The molecule has 5 nitrogen and oxygen atoms in total.